The molecule has 1 aromatic heterocycles. The van der Waals surface area contributed by atoms with E-state index in [1.54, 1.807) is 24.3 Å². The molecular formula is C21H20N4O4. The number of carbonyl (C=O) groups excluding carboxylic acids is 1. The maximum absolute atomic E-state index is 12.7. The lowest BCUT2D eigenvalue weighted by Gasteiger charge is -2.14. The van der Waals surface area contributed by atoms with E-state index in [2.05, 4.69) is 20.6 Å². The molecule has 3 aromatic rings. The number of benzene rings is 2. The van der Waals surface area contributed by atoms with Gasteiger partial charge >= 0.3 is 0 Å². The van der Waals surface area contributed by atoms with Gasteiger partial charge < -0.3 is 24.8 Å². The van der Waals surface area contributed by atoms with Crippen LogP contribution in [-0.2, 0) is 0 Å². The average molecular weight is 392 g/mol. The van der Waals surface area contributed by atoms with Crippen molar-refractivity contribution in [2.45, 2.75) is 20.0 Å². The number of amides is 1. The van der Waals surface area contributed by atoms with Gasteiger partial charge in [0.25, 0.3) is 5.91 Å². The highest BCUT2D eigenvalue weighted by Crippen LogP contribution is 2.34. The molecule has 2 aromatic carbocycles. The number of rotatable bonds is 6. The van der Waals surface area contributed by atoms with Gasteiger partial charge in [-0.05, 0) is 44.2 Å². The van der Waals surface area contributed by atoms with E-state index in [0.717, 1.165) is 5.69 Å². The van der Waals surface area contributed by atoms with Gasteiger partial charge in [-0.3, -0.25) is 4.79 Å². The van der Waals surface area contributed by atoms with Gasteiger partial charge in [0.05, 0.1) is 11.8 Å². The SMILES string of the molecule is CC(C)Oc1ccccc1NC(=O)c1ccnc(Nc2ccc3c(c2)OCO3)n1. The molecule has 2 N–H and O–H groups in total. The van der Waals surface area contributed by atoms with Crippen molar-refractivity contribution in [3.63, 3.8) is 0 Å². The van der Waals surface area contributed by atoms with Crippen molar-refractivity contribution in [1.82, 2.24) is 9.97 Å². The Morgan fingerprint density at radius 2 is 1.93 bits per heavy atom. The highest BCUT2D eigenvalue weighted by Gasteiger charge is 2.15. The number of nitrogens with zero attached hydrogens (tertiary/aromatic N) is 2. The molecular weight excluding hydrogens is 372 g/mol. The molecule has 148 valence electrons. The van der Waals surface area contributed by atoms with Gasteiger partial charge in [-0.15, -0.1) is 0 Å². The number of ether oxygens (including phenoxy) is 3. The first-order valence-corrected chi connectivity index (χ1v) is 9.15. The summed E-state index contributed by atoms with van der Waals surface area (Å²) in [5, 5.41) is 5.91. The Labute approximate surface area is 167 Å². The molecule has 8 heteroatoms. The quantitative estimate of drug-likeness (QED) is 0.655. The Morgan fingerprint density at radius 1 is 1.10 bits per heavy atom. The van der Waals surface area contributed by atoms with Crippen molar-refractivity contribution in [3.8, 4) is 17.2 Å². The topological polar surface area (TPSA) is 94.6 Å². The van der Waals surface area contributed by atoms with Crippen LogP contribution in [0.2, 0.25) is 0 Å². The zero-order chi connectivity index (χ0) is 20.2. The Balaban J connectivity index is 1.49. The molecule has 8 nitrogen and oxygen atoms in total. The molecule has 0 saturated heterocycles. The molecule has 0 spiro atoms. The van der Waals surface area contributed by atoms with Gasteiger partial charge in [0, 0.05) is 18.0 Å². The Hall–Kier alpha value is -3.81. The van der Waals surface area contributed by atoms with E-state index in [0.29, 0.717) is 28.9 Å². The normalized spacial score (nSPS) is 12.0. The largest absolute Gasteiger partial charge is 0.489 e. The number of para-hydroxylation sites is 2. The molecule has 2 heterocycles. The average Bonchev–Trinajstić information content (AvgIpc) is 3.17. The van der Waals surface area contributed by atoms with Gasteiger partial charge in [-0.2, -0.15) is 0 Å². The van der Waals surface area contributed by atoms with Crippen LogP contribution in [0, 0.1) is 0 Å². The lowest BCUT2D eigenvalue weighted by Crippen LogP contribution is -2.16. The third-order valence-electron chi connectivity index (χ3n) is 4.01. The second-order valence-electron chi connectivity index (χ2n) is 6.58. The third-order valence-corrected chi connectivity index (χ3v) is 4.01. The van der Waals surface area contributed by atoms with E-state index in [9.17, 15) is 4.79 Å². The first kappa shape index (κ1) is 18.5. The minimum absolute atomic E-state index is 0.00962. The number of fused-ring (bicyclic) bond motifs is 1. The van der Waals surface area contributed by atoms with Gasteiger partial charge in [-0.25, -0.2) is 9.97 Å². The van der Waals surface area contributed by atoms with Gasteiger partial charge in [0.15, 0.2) is 11.5 Å². The van der Waals surface area contributed by atoms with Gasteiger partial charge in [0.1, 0.15) is 11.4 Å². The van der Waals surface area contributed by atoms with E-state index in [1.165, 1.54) is 6.20 Å². The van der Waals surface area contributed by atoms with Crippen molar-refractivity contribution in [3.05, 3.63) is 60.4 Å². The smallest absolute Gasteiger partial charge is 0.274 e. The maximum atomic E-state index is 12.7. The number of carbonyl (C=O) groups is 1. The first-order valence-electron chi connectivity index (χ1n) is 9.15. The highest BCUT2D eigenvalue weighted by atomic mass is 16.7. The summed E-state index contributed by atoms with van der Waals surface area (Å²) in [5.41, 5.74) is 1.53. The van der Waals surface area contributed by atoms with Gasteiger partial charge in [-0.1, -0.05) is 12.1 Å². The number of nitrogens with one attached hydrogen (secondary N) is 2. The van der Waals surface area contributed by atoms with Crippen LogP contribution in [0.4, 0.5) is 17.3 Å². The van der Waals surface area contributed by atoms with Crippen LogP contribution in [0.25, 0.3) is 0 Å². The molecule has 0 bridgehead atoms. The minimum Gasteiger partial charge on any atom is -0.489 e. The molecule has 0 unspecified atom stereocenters. The lowest BCUT2D eigenvalue weighted by molar-refractivity contribution is 0.102. The number of hydrogen-bond acceptors (Lipinski definition) is 7. The van der Waals surface area contributed by atoms with E-state index in [1.807, 2.05) is 38.1 Å². The summed E-state index contributed by atoms with van der Waals surface area (Å²) in [5.74, 6) is 1.87. The van der Waals surface area contributed by atoms with E-state index >= 15 is 0 Å². The molecule has 4 rings (SSSR count). The zero-order valence-electron chi connectivity index (χ0n) is 16.0. The van der Waals surface area contributed by atoms with Crippen molar-refractivity contribution < 1.29 is 19.0 Å². The van der Waals surface area contributed by atoms with Crippen LogP contribution in [0.1, 0.15) is 24.3 Å². The fourth-order valence-electron chi connectivity index (χ4n) is 2.76. The van der Waals surface area contributed by atoms with Gasteiger partial charge in [0.2, 0.25) is 12.7 Å². The summed E-state index contributed by atoms with van der Waals surface area (Å²) in [6.07, 6.45) is 1.51. The number of anilines is 3. The molecule has 1 aliphatic rings. The van der Waals surface area contributed by atoms with Crippen LogP contribution >= 0.6 is 0 Å². The summed E-state index contributed by atoms with van der Waals surface area (Å²) in [6.45, 7) is 4.06. The zero-order valence-corrected chi connectivity index (χ0v) is 16.0. The molecule has 0 saturated carbocycles. The third kappa shape index (κ3) is 4.37. The van der Waals surface area contributed by atoms with Crippen LogP contribution in [0.15, 0.2) is 54.7 Å². The molecule has 0 atom stereocenters. The van der Waals surface area contributed by atoms with Crippen molar-refractivity contribution in [2.24, 2.45) is 0 Å². The second kappa shape index (κ2) is 8.05. The summed E-state index contributed by atoms with van der Waals surface area (Å²) in [7, 11) is 0. The van der Waals surface area contributed by atoms with E-state index in [4.69, 9.17) is 14.2 Å². The lowest BCUT2D eigenvalue weighted by atomic mass is 10.2. The summed E-state index contributed by atoms with van der Waals surface area (Å²) >= 11 is 0. The predicted molar refractivity (Wildman–Crippen MR) is 108 cm³/mol. The Kier molecular flexibility index (Phi) is 5.15. The highest BCUT2D eigenvalue weighted by molar-refractivity contribution is 6.03. The first-order chi connectivity index (χ1) is 14.1. The van der Waals surface area contributed by atoms with Crippen LogP contribution < -0.4 is 24.8 Å². The maximum Gasteiger partial charge on any atom is 0.274 e. The Morgan fingerprint density at radius 3 is 2.79 bits per heavy atom. The second-order valence-corrected chi connectivity index (χ2v) is 6.58. The fourth-order valence-corrected chi connectivity index (χ4v) is 2.76. The van der Waals surface area contributed by atoms with Crippen molar-refractivity contribution in [1.29, 1.82) is 0 Å². The molecule has 1 aliphatic heterocycles. The monoisotopic (exact) mass is 392 g/mol. The molecule has 0 aliphatic carbocycles. The van der Waals surface area contributed by atoms with Crippen molar-refractivity contribution in [2.75, 3.05) is 17.4 Å². The molecule has 0 radical (unpaired) electrons. The standard InChI is InChI=1S/C21H20N4O4/c1-13(2)29-17-6-4-3-5-15(17)24-20(26)16-9-10-22-21(25-16)23-14-7-8-18-19(11-14)28-12-27-18/h3-11,13H,12H2,1-2H3,(H,24,26)(H,22,23,25). The van der Waals surface area contributed by atoms with E-state index < -0.39 is 0 Å². The van der Waals surface area contributed by atoms with Crippen LogP contribution in [0.3, 0.4) is 0 Å². The minimum atomic E-state index is -0.360. The Bertz CT molecular complexity index is 1040. The summed E-state index contributed by atoms with van der Waals surface area (Å²) in [4.78, 5) is 21.2. The molecule has 1 amide bonds. The predicted octanol–water partition coefficient (Wildman–Crippen LogP) is 3.99. The van der Waals surface area contributed by atoms with Crippen molar-refractivity contribution >= 4 is 23.2 Å². The van der Waals surface area contributed by atoms with E-state index in [-0.39, 0.29) is 24.5 Å². The molecule has 0 fully saturated rings. The summed E-state index contributed by atoms with van der Waals surface area (Å²) in [6, 6.07) is 14.2. The summed E-state index contributed by atoms with van der Waals surface area (Å²) < 4.78 is 16.4. The number of hydrogen-bond donors (Lipinski definition) is 2. The molecule has 29 heavy (non-hydrogen) atoms. The van der Waals surface area contributed by atoms with Crippen LogP contribution in [0.5, 0.6) is 17.2 Å². The van der Waals surface area contributed by atoms with Crippen LogP contribution in [-0.4, -0.2) is 28.8 Å². The number of aromatic nitrogens is 2. The fraction of sp³-hybridized carbons (Fsp3) is 0.190.